The van der Waals surface area contributed by atoms with E-state index in [0.29, 0.717) is 28.3 Å². The molecule has 4 aromatic rings. The van der Waals surface area contributed by atoms with Crippen molar-refractivity contribution in [2.24, 2.45) is 0 Å². The van der Waals surface area contributed by atoms with Crippen molar-refractivity contribution in [3.63, 3.8) is 0 Å². The van der Waals surface area contributed by atoms with Crippen LogP contribution in [0.25, 0.3) is 16.8 Å². The number of aromatic nitrogens is 2. The lowest BCUT2D eigenvalue weighted by molar-refractivity contribution is -0.114. The van der Waals surface area contributed by atoms with E-state index in [9.17, 15) is 13.2 Å². The molecule has 0 spiro atoms. The molecule has 0 aliphatic carbocycles. The fraction of sp³-hybridized carbons (Fsp3) is 0.120. The molecular formula is C25H24N4O4S. The van der Waals surface area contributed by atoms with Gasteiger partial charge in [0, 0.05) is 30.4 Å². The van der Waals surface area contributed by atoms with Crippen LogP contribution in [-0.2, 0) is 14.8 Å². The molecule has 0 fully saturated rings. The molecule has 0 saturated heterocycles. The maximum absolute atomic E-state index is 13.3. The molecule has 0 unspecified atom stereocenters. The van der Waals surface area contributed by atoms with Crippen LogP contribution in [0.5, 0.6) is 5.75 Å². The Morgan fingerprint density at radius 2 is 1.71 bits per heavy atom. The number of carbonyl (C=O) groups excluding carboxylic acids is 1. The molecule has 0 saturated carbocycles. The van der Waals surface area contributed by atoms with Crippen LogP contribution in [0.2, 0.25) is 0 Å². The van der Waals surface area contributed by atoms with Crippen LogP contribution in [-0.4, -0.2) is 31.0 Å². The van der Waals surface area contributed by atoms with Crippen molar-refractivity contribution in [1.82, 2.24) is 9.55 Å². The third-order valence-corrected chi connectivity index (χ3v) is 6.55. The van der Waals surface area contributed by atoms with Gasteiger partial charge in [-0.15, -0.1) is 0 Å². The largest absolute Gasteiger partial charge is 0.494 e. The Bertz CT molecular complexity index is 1440. The van der Waals surface area contributed by atoms with Gasteiger partial charge in [0.05, 0.1) is 35.4 Å². The predicted molar refractivity (Wildman–Crippen MR) is 132 cm³/mol. The molecule has 34 heavy (non-hydrogen) atoms. The summed E-state index contributed by atoms with van der Waals surface area (Å²) in [5, 5.41) is 2.70. The topological polar surface area (TPSA) is 102 Å². The fourth-order valence-corrected chi connectivity index (χ4v) is 4.87. The number of aryl methyl sites for hydroxylation is 1. The van der Waals surface area contributed by atoms with Crippen LogP contribution in [0.4, 0.5) is 11.4 Å². The van der Waals surface area contributed by atoms with Crippen molar-refractivity contribution in [3.05, 3.63) is 84.9 Å². The maximum Gasteiger partial charge on any atom is 0.262 e. The van der Waals surface area contributed by atoms with E-state index in [1.54, 1.807) is 73.1 Å². The first-order chi connectivity index (χ1) is 16.3. The van der Waals surface area contributed by atoms with Gasteiger partial charge in [0.25, 0.3) is 10.0 Å². The summed E-state index contributed by atoms with van der Waals surface area (Å²) >= 11 is 0. The van der Waals surface area contributed by atoms with Crippen molar-refractivity contribution >= 4 is 27.3 Å². The molecule has 9 heteroatoms. The number of carbonyl (C=O) groups is 1. The molecule has 0 aliphatic rings. The van der Waals surface area contributed by atoms with Gasteiger partial charge in [0.2, 0.25) is 5.91 Å². The number of rotatable bonds is 7. The molecule has 1 amide bonds. The highest BCUT2D eigenvalue weighted by atomic mass is 32.2. The van der Waals surface area contributed by atoms with E-state index in [1.165, 1.54) is 14.0 Å². The number of sulfonamides is 1. The molecule has 0 radical (unpaired) electrons. The number of amides is 1. The maximum atomic E-state index is 13.3. The number of nitrogens with zero attached hydrogens (tertiary/aromatic N) is 2. The molecule has 174 valence electrons. The summed E-state index contributed by atoms with van der Waals surface area (Å²) in [5.74, 6) is 0.323. The number of hydrogen-bond donors (Lipinski definition) is 2. The summed E-state index contributed by atoms with van der Waals surface area (Å²) in [6, 6.07) is 18.8. The number of benzene rings is 3. The number of methoxy groups -OCH3 is 1. The zero-order valence-electron chi connectivity index (χ0n) is 18.9. The van der Waals surface area contributed by atoms with Crippen LogP contribution < -0.4 is 14.8 Å². The van der Waals surface area contributed by atoms with Gasteiger partial charge >= 0.3 is 0 Å². The summed E-state index contributed by atoms with van der Waals surface area (Å²) in [6.07, 6.45) is 3.53. The SMILES string of the molecule is COc1cc(NS(=O)(=O)c2ccccc2-c2ccc(NC(C)=O)cc2)ccc1-n1cnc(C)c1. The van der Waals surface area contributed by atoms with Crippen LogP contribution in [0.1, 0.15) is 12.6 Å². The zero-order chi connectivity index (χ0) is 24.3. The smallest absolute Gasteiger partial charge is 0.262 e. The molecule has 4 rings (SSSR count). The first-order valence-corrected chi connectivity index (χ1v) is 11.9. The van der Waals surface area contributed by atoms with Gasteiger partial charge in [0.1, 0.15) is 5.75 Å². The zero-order valence-corrected chi connectivity index (χ0v) is 19.8. The fourth-order valence-electron chi connectivity index (χ4n) is 3.59. The highest BCUT2D eigenvalue weighted by Crippen LogP contribution is 2.32. The first kappa shape index (κ1) is 23.1. The summed E-state index contributed by atoms with van der Waals surface area (Å²) in [6.45, 7) is 3.32. The van der Waals surface area contributed by atoms with Gasteiger partial charge in [-0.05, 0) is 42.8 Å². The van der Waals surface area contributed by atoms with E-state index in [2.05, 4.69) is 15.0 Å². The molecule has 0 atom stereocenters. The molecule has 1 aromatic heterocycles. The predicted octanol–water partition coefficient (Wildman–Crippen LogP) is 4.62. The van der Waals surface area contributed by atoms with Crippen molar-refractivity contribution < 1.29 is 17.9 Å². The third-order valence-electron chi connectivity index (χ3n) is 5.11. The number of ether oxygens (including phenoxy) is 1. The van der Waals surface area contributed by atoms with Gasteiger partial charge in [-0.2, -0.15) is 0 Å². The lowest BCUT2D eigenvalue weighted by Gasteiger charge is -2.15. The average molecular weight is 477 g/mol. The number of nitrogens with one attached hydrogen (secondary N) is 2. The Morgan fingerprint density at radius 1 is 1.00 bits per heavy atom. The van der Waals surface area contributed by atoms with Gasteiger partial charge in [0.15, 0.2) is 0 Å². The second-order valence-corrected chi connectivity index (χ2v) is 9.32. The second kappa shape index (κ2) is 9.40. The Balaban J connectivity index is 1.65. The van der Waals surface area contributed by atoms with Gasteiger partial charge in [-0.25, -0.2) is 13.4 Å². The minimum absolute atomic E-state index is 0.135. The summed E-state index contributed by atoms with van der Waals surface area (Å²) in [4.78, 5) is 15.6. The van der Waals surface area contributed by atoms with E-state index in [0.717, 1.165) is 11.4 Å². The normalized spacial score (nSPS) is 11.1. The van der Waals surface area contributed by atoms with Crippen molar-refractivity contribution in [3.8, 4) is 22.6 Å². The van der Waals surface area contributed by atoms with Crippen molar-refractivity contribution in [2.75, 3.05) is 17.1 Å². The van der Waals surface area contributed by atoms with Gasteiger partial charge in [-0.3, -0.25) is 9.52 Å². The summed E-state index contributed by atoms with van der Waals surface area (Å²) in [7, 11) is -2.39. The van der Waals surface area contributed by atoms with Gasteiger partial charge < -0.3 is 14.6 Å². The highest BCUT2D eigenvalue weighted by molar-refractivity contribution is 7.92. The highest BCUT2D eigenvalue weighted by Gasteiger charge is 2.20. The minimum atomic E-state index is -3.91. The van der Waals surface area contributed by atoms with E-state index in [-0.39, 0.29) is 10.8 Å². The lowest BCUT2D eigenvalue weighted by atomic mass is 10.1. The Morgan fingerprint density at radius 3 is 2.35 bits per heavy atom. The van der Waals surface area contributed by atoms with Gasteiger partial charge in [-0.1, -0.05) is 30.3 Å². The number of imidazole rings is 1. The molecule has 0 aliphatic heterocycles. The Kier molecular flexibility index (Phi) is 6.38. The standard InChI is InChI=1S/C25H24N4O4S/c1-17-15-29(16-26-17)23-13-12-21(14-24(23)33-3)28-34(31,32)25-7-5-4-6-22(25)19-8-10-20(11-9-19)27-18(2)30/h4-16,28H,1-3H3,(H,27,30). The number of anilines is 2. The van der Waals surface area contributed by atoms with Crippen LogP contribution in [0.3, 0.4) is 0 Å². The second-order valence-electron chi connectivity index (χ2n) is 7.67. The Hall–Kier alpha value is -4.11. The van der Waals surface area contributed by atoms with E-state index >= 15 is 0 Å². The molecule has 3 aromatic carbocycles. The van der Waals surface area contributed by atoms with Crippen LogP contribution in [0.15, 0.2) is 84.1 Å². The molecule has 2 N–H and O–H groups in total. The van der Waals surface area contributed by atoms with E-state index < -0.39 is 10.0 Å². The lowest BCUT2D eigenvalue weighted by Crippen LogP contribution is -2.14. The summed E-state index contributed by atoms with van der Waals surface area (Å²) in [5.41, 5.74) is 3.85. The molecule has 8 nitrogen and oxygen atoms in total. The van der Waals surface area contributed by atoms with Crippen LogP contribution >= 0.6 is 0 Å². The van der Waals surface area contributed by atoms with Crippen molar-refractivity contribution in [2.45, 2.75) is 18.7 Å². The quantitative estimate of drug-likeness (QED) is 0.405. The molecule has 0 bridgehead atoms. The van der Waals surface area contributed by atoms with E-state index in [4.69, 9.17) is 4.74 Å². The molecule has 1 heterocycles. The van der Waals surface area contributed by atoms with Crippen molar-refractivity contribution in [1.29, 1.82) is 0 Å². The summed E-state index contributed by atoms with van der Waals surface area (Å²) < 4.78 is 36.6. The Labute approximate surface area is 198 Å². The monoisotopic (exact) mass is 476 g/mol. The number of hydrogen-bond acceptors (Lipinski definition) is 5. The molecular weight excluding hydrogens is 452 g/mol. The third kappa shape index (κ3) is 4.94. The van der Waals surface area contributed by atoms with E-state index in [1.807, 2.05) is 17.7 Å². The van der Waals surface area contributed by atoms with Crippen LogP contribution in [0, 0.1) is 6.92 Å². The first-order valence-electron chi connectivity index (χ1n) is 10.5. The average Bonchev–Trinajstić information content (AvgIpc) is 3.25. The minimum Gasteiger partial charge on any atom is -0.494 e.